The minimum atomic E-state index is -3.35. The fraction of sp³-hybridized carbons (Fsp3) is 0.0667. The summed E-state index contributed by atoms with van der Waals surface area (Å²) < 4.78 is 24.1. The quantitative estimate of drug-likeness (QED) is 0.744. The molecular formula is C15H13N3O2S. The molecule has 0 radical (unpaired) electrons. The van der Waals surface area contributed by atoms with E-state index in [-0.39, 0.29) is 0 Å². The molecule has 1 aromatic carbocycles. The Morgan fingerprint density at radius 2 is 1.95 bits per heavy atom. The maximum atomic E-state index is 11.5. The van der Waals surface area contributed by atoms with Gasteiger partial charge in [-0.05, 0) is 11.5 Å². The summed E-state index contributed by atoms with van der Waals surface area (Å²) in [6.07, 6.45) is 5.54. The highest BCUT2D eigenvalue weighted by Crippen LogP contribution is 2.25. The van der Waals surface area contributed by atoms with Gasteiger partial charge in [-0.2, -0.15) is 0 Å². The van der Waals surface area contributed by atoms with Gasteiger partial charge < -0.3 is 0 Å². The van der Waals surface area contributed by atoms with Gasteiger partial charge >= 0.3 is 0 Å². The number of hydrogen-bond donors (Lipinski definition) is 0. The summed E-state index contributed by atoms with van der Waals surface area (Å²) in [5.74, 6) is 0. The van der Waals surface area contributed by atoms with Crippen molar-refractivity contribution < 1.29 is 8.42 Å². The number of benzene rings is 1. The predicted molar refractivity (Wildman–Crippen MR) is 82.3 cm³/mol. The second-order valence-corrected chi connectivity index (χ2v) is 6.60. The van der Waals surface area contributed by atoms with Crippen LogP contribution in [0.2, 0.25) is 0 Å². The lowest BCUT2D eigenvalue weighted by molar-refractivity contribution is 0.593. The monoisotopic (exact) mass is 299 g/mol. The van der Waals surface area contributed by atoms with Gasteiger partial charge in [-0.3, -0.25) is 4.98 Å². The van der Waals surface area contributed by atoms with Gasteiger partial charge in [0.2, 0.25) is 10.0 Å². The van der Waals surface area contributed by atoms with Crippen molar-refractivity contribution in [2.24, 2.45) is 0 Å². The molecule has 2 aromatic heterocycles. The second-order valence-electron chi connectivity index (χ2n) is 4.71. The van der Waals surface area contributed by atoms with E-state index in [1.54, 1.807) is 6.20 Å². The number of nitrogens with zero attached hydrogens (tertiary/aromatic N) is 3. The van der Waals surface area contributed by atoms with Crippen LogP contribution in [0.5, 0.6) is 0 Å². The number of fused-ring (bicyclic) bond motifs is 1. The summed E-state index contributed by atoms with van der Waals surface area (Å²) in [4.78, 5) is 8.47. The summed E-state index contributed by atoms with van der Waals surface area (Å²) >= 11 is 0. The fourth-order valence-corrected chi connectivity index (χ4v) is 2.63. The Kier molecular flexibility index (Phi) is 3.10. The summed E-state index contributed by atoms with van der Waals surface area (Å²) in [7, 11) is -3.35. The molecule has 0 aliphatic rings. The molecule has 5 nitrogen and oxygen atoms in total. The maximum Gasteiger partial charge on any atom is 0.236 e. The molecule has 0 unspecified atom stereocenters. The number of hydrogen-bond acceptors (Lipinski definition) is 4. The normalized spacial score (nSPS) is 11.7. The zero-order chi connectivity index (χ0) is 15.0. The molecule has 0 fully saturated rings. The number of aromatic nitrogens is 3. The molecule has 0 saturated heterocycles. The van der Waals surface area contributed by atoms with E-state index in [1.807, 2.05) is 30.3 Å². The minimum Gasteiger partial charge on any atom is -0.256 e. The molecule has 0 aliphatic carbocycles. The molecule has 0 saturated carbocycles. The lowest BCUT2D eigenvalue weighted by Crippen LogP contribution is -2.06. The summed E-state index contributed by atoms with van der Waals surface area (Å²) in [6, 6.07) is 9.74. The Hall–Kier alpha value is -2.47. The van der Waals surface area contributed by atoms with Gasteiger partial charge in [0.25, 0.3) is 0 Å². The first-order valence-corrected chi connectivity index (χ1v) is 8.09. The van der Waals surface area contributed by atoms with E-state index >= 15 is 0 Å². The molecule has 21 heavy (non-hydrogen) atoms. The van der Waals surface area contributed by atoms with E-state index in [9.17, 15) is 8.42 Å². The third-order valence-electron chi connectivity index (χ3n) is 3.21. The molecule has 0 N–H and O–H groups in total. The highest BCUT2D eigenvalue weighted by atomic mass is 32.2. The summed E-state index contributed by atoms with van der Waals surface area (Å²) in [5.41, 5.74) is 1.78. The number of rotatable bonds is 3. The second kappa shape index (κ2) is 4.82. The van der Waals surface area contributed by atoms with E-state index in [4.69, 9.17) is 0 Å². The molecule has 106 valence electrons. The van der Waals surface area contributed by atoms with Crippen molar-refractivity contribution in [1.29, 1.82) is 0 Å². The molecule has 0 aliphatic heterocycles. The first kappa shape index (κ1) is 13.5. The van der Waals surface area contributed by atoms with Gasteiger partial charge in [-0.15, -0.1) is 0 Å². The fourth-order valence-electron chi connectivity index (χ4n) is 2.12. The lowest BCUT2D eigenvalue weighted by atomic mass is 10.0. The van der Waals surface area contributed by atoms with E-state index in [0.29, 0.717) is 17.0 Å². The maximum absolute atomic E-state index is 11.5. The number of pyridine rings is 1. The van der Waals surface area contributed by atoms with Crippen LogP contribution in [0, 0.1) is 0 Å². The third kappa shape index (κ3) is 2.45. The smallest absolute Gasteiger partial charge is 0.236 e. The Bertz CT molecular complexity index is 937. The molecule has 6 heteroatoms. The van der Waals surface area contributed by atoms with Gasteiger partial charge in [-0.25, -0.2) is 17.4 Å². The van der Waals surface area contributed by atoms with E-state index in [2.05, 4.69) is 16.5 Å². The Morgan fingerprint density at radius 1 is 1.19 bits per heavy atom. The van der Waals surface area contributed by atoms with Crippen LogP contribution in [0.25, 0.3) is 16.3 Å². The molecule has 0 amide bonds. The van der Waals surface area contributed by atoms with E-state index in [0.717, 1.165) is 21.0 Å². The van der Waals surface area contributed by atoms with Crippen molar-refractivity contribution >= 4 is 26.4 Å². The first-order valence-electron chi connectivity index (χ1n) is 6.25. The van der Waals surface area contributed by atoms with Crippen LogP contribution in [-0.2, 0) is 10.0 Å². The van der Waals surface area contributed by atoms with Crippen molar-refractivity contribution in [2.45, 2.75) is 0 Å². The van der Waals surface area contributed by atoms with Gasteiger partial charge in [-0.1, -0.05) is 30.8 Å². The van der Waals surface area contributed by atoms with Crippen molar-refractivity contribution in [2.75, 3.05) is 6.26 Å². The average Bonchev–Trinajstić information content (AvgIpc) is 2.96. The van der Waals surface area contributed by atoms with Crippen LogP contribution < -0.4 is 0 Å². The largest absolute Gasteiger partial charge is 0.256 e. The zero-order valence-corrected chi connectivity index (χ0v) is 12.2. The van der Waals surface area contributed by atoms with Gasteiger partial charge in [0, 0.05) is 23.4 Å². The van der Waals surface area contributed by atoms with Crippen molar-refractivity contribution in [1.82, 2.24) is 13.9 Å². The first-order chi connectivity index (χ1) is 9.97. The van der Waals surface area contributed by atoms with E-state index in [1.165, 1.54) is 12.5 Å². The average molecular weight is 299 g/mol. The highest BCUT2D eigenvalue weighted by molar-refractivity contribution is 7.89. The Morgan fingerprint density at radius 3 is 2.67 bits per heavy atom. The van der Waals surface area contributed by atoms with Gasteiger partial charge in [0.15, 0.2) is 0 Å². The van der Waals surface area contributed by atoms with Crippen LogP contribution in [0.15, 0.2) is 55.6 Å². The van der Waals surface area contributed by atoms with Gasteiger partial charge in [0.1, 0.15) is 6.33 Å². The van der Waals surface area contributed by atoms with Crippen LogP contribution in [0.3, 0.4) is 0 Å². The molecule has 0 atom stereocenters. The lowest BCUT2D eigenvalue weighted by Gasteiger charge is -2.06. The minimum absolute atomic E-state index is 0.490. The number of imidazole rings is 1. The zero-order valence-electron chi connectivity index (χ0n) is 11.4. The third-order valence-corrected chi connectivity index (χ3v) is 4.18. The van der Waals surface area contributed by atoms with Crippen molar-refractivity contribution in [3.05, 3.63) is 67.0 Å². The molecule has 3 aromatic rings. The topological polar surface area (TPSA) is 64.8 Å². The van der Waals surface area contributed by atoms with Gasteiger partial charge in [0.05, 0.1) is 17.6 Å². The summed E-state index contributed by atoms with van der Waals surface area (Å²) in [6.45, 7) is 4.01. The SMILES string of the molecule is C=C(c1cn(S(C)(=O)=O)cn1)c1nccc2ccccc12. The molecular weight excluding hydrogens is 286 g/mol. The Balaban J connectivity index is 2.11. The Labute approximate surface area is 122 Å². The van der Waals surface area contributed by atoms with Crippen molar-refractivity contribution in [3.63, 3.8) is 0 Å². The van der Waals surface area contributed by atoms with Crippen LogP contribution in [0.1, 0.15) is 11.4 Å². The summed E-state index contributed by atoms with van der Waals surface area (Å²) in [5, 5.41) is 2.00. The highest BCUT2D eigenvalue weighted by Gasteiger charge is 2.13. The van der Waals surface area contributed by atoms with Crippen LogP contribution in [0.4, 0.5) is 0 Å². The molecule has 3 rings (SSSR count). The molecule has 0 spiro atoms. The standard InChI is InChI=1S/C15H13N3O2S/c1-11(14-9-18(10-17-14)21(2,19)20)15-13-6-4-3-5-12(13)7-8-16-15/h3-10H,1H2,2H3. The molecule has 2 heterocycles. The molecule has 0 bridgehead atoms. The predicted octanol–water partition coefficient (Wildman–Crippen LogP) is 2.30. The van der Waals surface area contributed by atoms with E-state index < -0.39 is 10.0 Å². The van der Waals surface area contributed by atoms with Crippen LogP contribution in [-0.4, -0.2) is 28.6 Å². The van der Waals surface area contributed by atoms with Crippen molar-refractivity contribution in [3.8, 4) is 0 Å². The van der Waals surface area contributed by atoms with Crippen LogP contribution >= 0.6 is 0 Å².